The molecule has 0 saturated heterocycles. The smallest absolute Gasteiger partial charge is 0.199 e. The molecule has 0 saturated carbocycles. The number of aliphatic hydroxyl groups is 1. The number of ketones is 1. The number of ether oxygens (including phenoxy) is 1. The third-order valence-electron chi connectivity index (χ3n) is 3.35. The quantitative estimate of drug-likeness (QED) is 0.866. The van der Waals surface area contributed by atoms with E-state index in [2.05, 4.69) is 15.9 Å². The van der Waals surface area contributed by atoms with Crippen LogP contribution in [0.2, 0.25) is 0 Å². The number of rotatable bonds is 3. The molecule has 4 heteroatoms. The summed E-state index contributed by atoms with van der Waals surface area (Å²) in [5.74, 6) is 0.302. The summed E-state index contributed by atoms with van der Waals surface area (Å²) in [5, 5.41) is 10.2. The number of hydrogen-bond donors (Lipinski definition) is 1. The van der Waals surface area contributed by atoms with Crippen molar-refractivity contribution in [2.75, 3.05) is 0 Å². The molecule has 0 amide bonds. The minimum atomic E-state index is -0.939. The molecule has 2 atom stereocenters. The van der Waals surface area contributed by atoms with Crippen LogP contribution >= 0.6 is 15.9 Å². The summed E-state index contributed by atoms with van der Waals surface area (Å²) in [6.07, 6.45) is 1.35. The van der Waals surface area contributed by atoms with Crippen LogP contribution in [0.4, 0.5) is 0 Å². The molecule has 3 nitrogen and oxygen atoms in total. The van der Waals surface area contributed by atoms with E-state index in [9.17, 15) is 9.90 Å². The maximum atomic E-state index is 12.2. The molecule has 106 valence electrons. The van der Waals surface area contributed by atoms with E-state index in [-0.39, 0.29) is 5.78 Å². The maximum Gasteiger partial charge on any atom is 0.199 e. The van der Waals surface area contributed by atoms with Gasteiger partial charge in [-0.2, -0.15) is 0 Å². The Morgan fingerprint density at radius 3 is 2.71 bits per heavy atom. The number of aliphatic hydroxyl groups excluding tert-OH is 1. The fourth-order valence-electron chi connectivity index (χ4n) is 2.27. The first-order valence-corrected chi connectivity index (χ1v) is 7.35. The Morgan fingerprint density at radius 2 is 1.95 bits per heavy atom. The molecule has 0 spiro atoms. The van der Waals surface area contributed by atoms with Crippen LogP contribution in [0, 0.1) is 0 Å². The van der Waals surface area contributed by atoms with Gasteiger partial charge >= 0.3 is 0 Å². The van der Waals surface area contributed by atoms with Gasteiger partial charge in [-0.3, -0.25) is 4.79 Å². The van der Waals surface area contributed by atoms with Gasteiger partial charge in [0.2, 0.25) is 0 Å². The van der Waals surface area contributed by atoms with E-state index >= 15 is 0 Å². The number of fused-ring (bicyclic) bond motifs is 1. The summed E-state index contributed by atoms with van der Waals surface area (Å²) in [5.41, 5.74) is 1.56. The summed E-state index contributed by atoms with van der Waals surface area (Å²) in [6.45, 7) is 0. The van der Waals surface area contributed by atoms with Crippen LogP contribution < -0.4 is 4.74 Å². The predicted octanol–water partition coefficient (Wildman–Crippen LogP) is 3.53. The summed E-state index contributed by atoms with van der Waals surface area (Å²) in [4.78, 5) is 12.2. The van der Waals surface area contributed by atoms with Crippen molar-refractivity contribution >= 4 is 27.8 Å². The Bertz CT molecular complexity index is 694. The van der Waals surface area contributed by atoms with E-state index in [0.29, 0.717) is 11.3 Å². The van der Waals surface area contributed by atoms with Gasteiger partial charge in [0.05, 0.1) is 0 Å². The standard InChI is InChI=1S/C17H13BrO3/c18-12-7-9-15-13(10-12)16(20)17(21-15)14(19)8-6-11-4-2-1-3-5-11/h1-10,16-17,20H/b8-6+. The largest absolute Gasteiger partial charge is 0.479 e. The average Bonchev–Trinajstić information content (AvgIpc) is 2.83. The lowest BCUT2D eigenvalue weighted by Crippen LogP contribution is -2.27. The first kappa shape index (κ1) is 14.0. The Morgan fingerprint density at radius 1 is 1.19 bits per heavy atom. The van der Waals surface area contributed by atoms with Crippen molar-refractivity contribution in [1.29, 1.82) is 0 Å². The second kappa shape index (κ2) is 5.84. The first-order chi connectivity index (χ1) is 10.1. The van der Waals surface area contributed by atoms with E-state index in [1.165, 1.54) is 6.08 Å². The lowest BCUT2D eigenvalue weighted by molar-refractivity contribution is -0.124. The number of carbonyl (C=O) groups is 1. The zero-order valence-electron chi connectivity index (χ0n) is 11.1. The van der Waals surface area contributed by atoms with E-state index in [4.69, 9.17) is 4.74 Å². The van der Waals surface area contributed by atoms with Gasteiger partial charge in [0.1, 0.15) is 11.9 Å². The van der Waals surface area contributed by atoms with E-state index < -0.39 is 12.2 Å². The van der Waals surface area contributed by atoms with Gasteiger partial charge in [0, 0.05) is 10.0 Å². The van der Waals surface area contributed by atoms with Crippen molar-refractivity contribution in [1.82, 2.24) is 0 Å². The van der Waals surface area contributed by atoms with Gasteiger partial charge in [-0.1, -0.05) is 52.3 Å². The highest BCUT2D eigenvalue weighted by Crippen LogP contribution is 2.38. The lowest BCUT2D eigenvalue weighted by Gasteiger charge is -2.10. The zero-order chi connectivity index (χ0) is 14.8. The third-order valence-corrected chi connectivity index (χ3v) is 3.84. The highest BCUT2D eigenvalue weighted by molar-refractivity contribution is 9.10. The molecule has 1 aliphatic heterocycles. The molecule has 3 rings (SSSR count). The van der Waals surface area contributed by atoms with Crippen LogP contribution in [-0.2, 0) is 4.79 Å². The normalized spacial score (nSPS) is 20.3. The summed E-state index contributed by atoms with van der Waals surface area (Å²) >= 11 is 3.35. The molecule has 1 heterocycles. The Labute approximate surface area is 131 Å². The predicted molar refractivity (Wildman–Crippen MR) is 84.0 cm³/mol. The number of carbonyl (C=O) groups excluding carboxylic acids is 1. The number of hydrogen-bond acceptors (Lipinski definition) is 3. The highest BCUT2D eigenvalue weighted by Gasteiger charge is 2.36. The second-order valence-corrected chi connectivity index (χ2v) is 5.73. The minimum absolute atomic E-state index is 0.251. The monoisotopic (exact) mass is 344 g/mol. The van der Waals surface area contributed by atoms with Gasteiger partial charge in [0.25, 0.3) is 0 Å². The van der Waals surface area contributed by atoms with Crippen molar-refractivity contribution in [2.45, 2.75) is 12.2 Å². The fourth-order valence-corrected chi connectivity index (χ4v) is 2.65. The Balaban J connectivity index is 1.77. The summed E-state index contributed by atoms with van der Waals surface area (Å²) in [7, 11) is 0. The average molecular weight is 345 g/mol. The van der Waals surface area contributed by atoms with Crippen molar-refractivity contribution in [2.24, 2.45) is 0 Å². The molecule has 0 aliphatic carbocycles. The van der Waals surface area contributed by atoms with Crippen molar-refractivity contribution < 1.29 is 14.6 Å². The molecular weight excluding hydrogens is 332 g/mol. The van der Waals surface area contributed by atoms with Crippen LogP contribution in [-0.4, -0.2) is 17.0 Å². The molecule has 2 unspecified atom stereocenters. The molecule has 1 N–H and O–H groups in total. The SMILES string of the molecule is O=C(/C=C/c1ccccc1)C1Oc2ccc(Br)cc2C1O. The summed E-state index contributed by atoms with van der Waals surface area (Å²) < 4.78 is 6.40. The molecule has 0 aromatic heterocycles. The molecule has 21 heavy (non-hydrogen) atoms. The summed E-state index contributed by atoms with van der Waals surface area (Å²) in [6, 6.07) is 14.9. The minimum Gasteiger partial charge on any atom is -0.479 e. The van der Waals surface area contributed by atoms with Crippen LogP contribution in [0.15, 0.2) is 59.1 Å². The second-order valence-electron chi connectivity index (χ2n) is 4.81. The Hall–Kier alpha value is -1.91. The molecule has 0 fully saturated rings. The van der Waals surface area contributed by atoms with Crippen molar-refractivity contribution in [3.8, 4) is 5.75 Å². The number of benzene rings is 2. The maximum absolute atomic E-state index is 12.2. The Kier molecular flexibility index (Phi) is 3.90. The van der Waals surface area contributed by atoms with Crippen LogP contribution in [0.25, 0.3) is 6.08 Å². The zero-order valence-corrected chi connectivity index (χ0v) is 12.7. The van der Waals surface area contributed by atoms with Crippen molar-refractivity contribution in [3.05, 3.63) is 70.2 Å². The fraction of sp³-hybridized carbons (Fsp3) is 0.118. The molecule has 2 aromatic rings. The van der Waals surface area contributed by atoms with Gasteiger partial charge in [-0.05, 0) is 29.8 Å². The van der Waals surface area contributed by atoms with Crippen LogP contribution in [0.1, 0.15) is 17.2 Å². The van der Waals surface area contributed by atoms with E-state index in [1.54, 1.807) is 18.2 Å². The van der Waals surface area contributed by atoms with Crippen LogP contribution in [0.3, 0.4) is 0 Å². The van der Waals surface area contributed by atoms with E-state index in [1.807, 2.05) is 36.4 Å². The van der Waals surface area contributed by atoms with Gasteiger partial charge in [-0.15, -0.1) is 0 Å². The van der Waals surface area contributed by atoms with Gasteiger partial charge in [0.15, 0.2) is 11.9 Å². The van der Waals surface area contributed by atoms with E-state index in [0.717, 1.165) is 10.0 Å². The molecule has 2 aromatic carbocycles. The molecular formula is C17H13BrO3. The van der Waals surface area contributed by atoms with Gasteiger partial charge in [-0.25, -0.2) is 0 Å². The molecule has 0 radical (unpaired) electrons. The topological polar surface area (TPSA) is 46.5 Å². The third kappa shape index (κ3) is 2.91. The molecule has 1 aliphatic rings. The van der Waals surface area contributed by atoms with Crippen molar-refractivity contribution in [3.63, 3.8) is 0 Å². The van der Waals surface area contributed by atoms with Gasteiger partial charge < -0.3 is 9.84 Å². The molecule has 0 bridgehead atoms. The number of halogens is 1. The highest BCUT2D eigenvalue weighted by atomic mass is 79.9. The first-order valence-electron chi connectivity index (χ1n) is 6.56. The van der Waals surface area contributed by atoms with Crippen LogP contribution in [0.5, 0.6) is 5.75 Å². The lowest BCUT2D eigenvalue weighted by atomic mass is 10.0.